The average Bonchev–Trinajstić information content (AvgIpc) is 2.74. The van der Waals surface area contributed by atoms with Gasteiger partial charge in [-0.15, -0.1) is 0 Å². The molecule has 0 spiro atoms. The summed E-state index contributed by atoms with van der Waals surface area (Å²) in [5.74, 6) is -0.116. The average molecular weight is 384 g/mol. The fourth-order valence-corrected chi connectivity index (χ4v) is 3.10. The number of pyridine rings is 1. The van der Waals surface area contributed by atoms with Gasteiger partial charge in [0.15, 0.2) is 0 Å². The number of anilines is 2. The van der Waals surface area contributed by atoms with Gasteiger partial charge in [0, 0.05) is 16.8 Å². The van der Waals surface area contributed by atoms with Crippen LogP contribution in [0.15, 0.2) is 84.9 Å². The van der Waals surface area contributed by atoms with Crippen LogP contribution in [0, 0.1) is 0 Å². The van der Waals surface area contributed by atoms with Gasteiger partial charge in [-0.2, -0.15) is 0 Å². The van der Waals surface area contributed by atoms with Crippen molar-refractivity contribution in [2.75, 3.05) is 5.32 Å². The molecule has 0 amide bonds. The zero-order valence-electron chi connectivity index (χ0n) is 15.7. The first-order valence-corrected chi connectivity index (χ1v) is 9.32. The summed E-state index contributed by atoms with van der Waals surface area (Å²) in [5, 5.41) is 13.4. The molecule has 1 aromatic heterocycles. The molecule has 4 rings (SSSR count). The van der Waals surface area contributed by atoms with Crippen LogP contribution in [0.1, 0.15) is 11.3 Å². The summed E-state index contributed by atoms with van der Waals surface area (Å²) in [6.45, 7) is 0.388. The Labute approximate surface area is 168 Å². The van der Waals surface area contributed by atoms with E-state index >= 15 is 0 Å². The molecule has 0 unspecified atom stereocenters. The molecular formula is C24H20N2O3. The van der Waals surface area contributed by atoms with E-state index in [1.54, 1.807) is 0 Å². The zero-order valence-corrected chi connectivity index (χ0v) is 15.7. The van der Waals surface area contributed by atoms with Crippen LogP contribution in [-0.2, 0) is 17.8 Å². The molecule has 0 fully saturated rings. The number of fused-ring (bicyclic) bond motifs is 1. The monoisotopic (exact) mass is 384 g/mol. The number of carboxylic acids is 1. The van der Waals surface area contributed by atoms with Crippen molar-refractivity contribution in [1.29, 1.82) is 0 Å². The Bertz CT molecular complexity index is 1140. The lowest BCUT2D eigenvalue weighted by Gasteiger charge is -2.12. The van der Waals surface area contributed by atoms with Crippen molar-refractivity contribution in [3.8, 4) is 5.75 Å². The highest BCUT2D eigenvalue weighted by atomic mass is 16.5. The van der Waals surface area contributed by atoms with Crippen molar-refractivity contribution in [2.45, 2.75) is 13.0 Å². The van der Waals surface area contributed by atoms with E-state index in [0.29, 0.717) is 6.61 Å². The molecule has 5 nitrogen and oxygen atoms in total. The van der Waals surface area contributed by atoms with Crippen LogP contribution in [0.2, 0.25) is 0 Å². The fraction of sp³-hybridized carbons (Fsp3) is 0.0833. The maximum Gasteiger partial charge on any atom is 0.307 e. The molecule has 0 bridgehead atoms. The summed E-state index contributed by atoms with van der Waals surface area (Å²) in [7, 11) is 0. The predicted molar refractivity (Wildman–Crippen MR) is 114 cm³/mol. The third kappa shape index (κ3) is 4.71. The third-order valence-corrected chi connectivity index (χ3v) is 4.54. The number of benzene rings is 3. The standard InChI is InChI=1S/C24H20N2O3/c27-24(28)15-18-6-2-4-8-23(18)25-19-11-13-21(14-12-19)29-16-20-10-9-17-5-1-3-7-22(17)26-20/h1-14,25H,15-16H2,(H,27,28). The van der Waals surface area contributed by atoms with Gasteiger partial charge in [-0.3, -0.25) is 4.79 Å². The van der Waals surface area contributed by atoms with Crippen LogP contribution in [0.4, 0.5) is 11.4 Å². The number of aliphatic carboxylic acids is 1. The number of carbonyl (C=O) groups is 1. The second kappa shape index (κ2) is 8.44. The summed E-state index contributed by atoms with van der Waals surface area (Å²) in [4.78, 5) is 15.6. The Morgan fingerprint density at radius 3 is 2.48 bits per heavy atom. The molecule has 0 saturated carbocycles. The summed E-state index contributed by atoms with van der Waals surface area (Å²) in [6.07, 6.45) is -0.0247. The van der Waals surface area contributed by atoms with Crippen molar-refractivity contribution in [3.63, 3.8) is 0 Å². The Hall–Kier alpha value is -3.86. The first-order chi connectivity index (χ1) is 14.2. The van der Waals surface area contributed by atoms with Crippen molar-refractivity contribution >= 4 is 28.2 Å². The topological polar surface area (TPSA) is 71.5 Å². The number of nitrogens with one attached hydrogen (secondary N) is 1. The zero-order chi connectivity index (χ0) is 20.1. The van der Waals surface area contributed by atoms with Crippen LogP contribution in [0.25, 0.3) is 10.9 Å². The van der Waals surface area contributed by atoms with Gasteiger partial charge >= 0.3 is 5.97 Å². The van der Waals surface area contributed by atoms with E-state index in [4.69, 9.17) is 9.84 Å². The number of hydrogen-bond donors (Lipinski definition) is 2. The van der Waals surface area contributed by atoms with E-state index in [1.165, 1.54) is 0 Å². The lowest BCUT2D eigenvalue weighted by Crippen LogP contribution is -2.03. The Morgan fingerprint density at radius 1 is 0.897 bits per heavy atom. The molecular weight excluding hydrogens is 364 g/mol. The molecule has 144 valence electrons. The summed E-state index contributed by atoms with van der Waals surface area (Å²) >= 11 is 0. The summed E-state index contributed by atoms with van der Waals surface area (Å²) < 4.78 is 5.85. The third-order valence-electron chi connectivity index (χ3n) is 4.54. The second-order valence-electron chi connectivity index (χ2n) is 6.66. The highest BCUT2D eigenvalue weighted by Crippen LogP contribution is 2.24. The summed E-state index contributed by atoms with van der Waals surface area (Å²) in [5.41, 5.74) is 4.20. The van der Waals surface area contributed by atoms with E-state index in [2.05, 4.69) is 10.3 Å². The van der Waals surface area contributed by atoms with Gasteiger partial charge in [-0.1, -0.05) is 42.5 Å². The van der Waals surface area contributed by atoms with Crippen LogP contribution in [-0.4, -0.2) is 16.1 Å². The fourth-order valence-electron chi connectivity index (χ4n) is 3.10. The van der Waals surface area contributed by atoms with Crippen molar-refractivity contribution < 1.29 is 14.6 Å². The SMILES string of the molecule is O=C(O)Cc1ccccc1Nc1ccc(OCc2ccc3ccccc3n2)cc1. The minimum atomic E-state index is -0.856. The molecule has 0 aliphatic heterocycles. The molecule has 3 aromatic carbocycles. The maximum atomic E-state index is 11.0. The van der Waals surface area contributed by atoms with Crippen molar-refractivity contribution in [1.82, 2.24) is 4.98 Å². The molecule has 0 radical (unpaired) electrons. The minimum Gasteiger partial charge on any atom is -0.487 e. The number of nitrogens with zero attached hydrogens (tertiary/aromatic N) is 1. The van der Waals surface area contributed by atoms with Gasteiger partial charge in [0.1, 0.15) is 12.4 Å². The normalized spacial score (nSPS) is 10.6. The molecule has 0 aliphatic rings. The highest BCUT2D eigenvalue weighted by Gasteiger charge is 2.07. The predicted octanol–water partition coefficient (Wildman–Crippen LogP) is 5.18. The highest BCUT2D eigenvalue weighted by molar-refractivity contribution is 5.78. The summed E-state index contributed by atoms with van der Waals surface area (Å²) in [6, 6.07) is 27.0. The first-order valence-electron chi connectivity index (χ1n) is 9.32. The van der Waals surface area contributed by atoms with Gasteiger partial charge in [-0.25, -0.2) is 4.98 Å². The number of para-hydroxylation sites is 2. The van der Waals surface area contributed by atoms with Gasteiger partial charge in [0.2, 0.25) is 0 Å². The molecule has 0 atom stereocenters. The Morgan fingerprint density at radius 2 is 1.66 bits per heavy atom. The van der Waals surface area contributed by atoms with E-state index in [0.717, 1.165) is 39.3 Å². The van der Waals surface area contributed by atoms with Crippen molar-refractivity contribution in [3.05, 3.63) is 96.2 Å². The van der Waals surface area contributed by atoms with E-state index in [1.807, 2.05) is 84.9 Å². The quantitative estimate of drug-likeness (QED) is 0.459. The second-order valence-corrected chi connectivity index (χ2v) is 6.66. The maximum absolute atomic E-state index is 11.0. The van der Waals surface area contributed by atoms with Gasteiger partial charge in [0.25, 0.3) is 0 Å². The largest absolute Gasteiger partial charge is 0.487 e. The Balaban J connectivity index is 1.41. The van der Waals surface area contributed by atoms with E-state index in [9.17, 15) is 4.79 Å². The molecule has 0 aliphatic carbocycles. The minimum absolute atomic E-state index is 0.0247. The molecule has 2 N–H and O–H groups in total. The number of hydrogen-bond acceptors (Lipinski definition) is 4. The van der Waals surface area contributed by atoms with Crippen molar-refractivity contribution in [2.24, 2.45) is 0 Å². The number of carboxylic acid groups (broad SMARTS) is 1. The van der Waals surface area contributed by atoms with Crippen LogP contribution in [0.5, 0.6) is 5.75 Å². The number of ether oxygens (including phenoxy) is 1. The lowest BCUT2D eigenvalue weighted by molar-refractivity contribution is -0.136. The first kappa shape index (κ1) is 18.5. The smallest absolute Gasteiger partial charge is 0.307 e. The van der Waals surface area contributed by atoms with Crippen LogP contribution >= 0.6 is 0 Å². The van der Waals surface area contributed by atoms with Crippen LogP contribution < -0.4 is 10.1 Å². The van der Waals surface area contributed by atoms with Gasteiger partial charge < -0.3 is 15.2 Å². The number of aromatic nitrogens is 1. The molecule has 1 heterocycles. The molecule has 4 aromatic rings. The van der Waals surface area contributed by atoms with Gasteiger partial charge in [-0.05, 0) is 48.0 Å². The molecule has 5 heteroatoms. The van der Waals surface area contributed by atoms with Gasteiger partial charge in [0.05, 0.1) is 17.6 Å². The molecule has 0 saturated heterocycles. The lowest BCUT2D eigenvalue weighted by atomic mass is 10.1. The Kier molecular flexibility index (Phi) is 5.38. The number of rotatable bonds is 7. The van der Waals surface area contributed by atoms with E-state index < -0.39 is 5.97 Å². The van der Waals surface area contributed by atoms with Crippen LogP contribution in [0.3, 0.4) is 0 Å². The molecule has 29 heavy (non-hydrogen) atoms. The van der Waals surface area contributed by atoms with E-state index in [-0.39, 0.29) is 6.42 Å².